The normalized spacial score (nSPS) is 17.2. The van der Waals surface area contributed by atoms with Crippen molar-refractivity contribution in [1.82, 2.24) is 20.4 Å². The van der Waals surface area contributed by atoms with Gasteiger partial charge in [-0.2, -0.15) is 0 Å². The molecule has 238 valence electrons. The second kappa shape index (κ2) is 17.9. The van der Waals surface area contributed by atoms with Gasteiger partial charge in [-0.15, -0.1) is 0 Å². The first-order valence-corrected chi connectivity index (χ1v) is 16.1. The Bertz CT molecular complexity index is 1100. The summed E-state index contributed by atoms with van der Waals surface area (Å²) in [5.41, 5.74) is 1.36. The van der Waals surface area contributed by atoms with Gasteiger partial charge >= 0.3 is 12.2 Å². The van der Waals surface area contributed by atoms with Crippen molar-refractivity contribution < 1.29 is 28.7 Å². The van der Waals surface area contributed by atoms with Crippen LogP contribution < -0.4 is 10.6 Å². The molecule has 0 saturated carbocycles. The minimum absolute atomic E-state index is 0.172. The van der Waals surface area contributed by atoms with Gasteiger partial charge in [0.25, 0.3) is 0 Å². The molecule has 2 N–H and O–H groups in total. The maximum atomic E-state index is 13.0. The van der Waals surface area contributed by atoms with Gasteiger partial charge in [0.1, 0.15) is 0 Å². The van der Waals surface area contributed by atoms with Gasteiger partial charge in [0.2, 0.25) is 11.8 Å². The molecule has 2 heterocycles. The van der Waals surface area contributed by atoms with E-state index in [1.807, 2.05) is 70.5 Å². The molecule has 10 nitrogen and oxygen atoms in total. The van der Waals surface area contributed by atoms with Crippen LogP contribution in [0.4, 0.5) is 9.59 Å². The lowest BCUT2D eigenvalue weighted by Crippen LogP contribution is -2.36. The number of alkyl carbamates (subject to hydrolysis) is 2. The minimum atomic E-state index is -0.911. The molecule has 0 bridgehead atoms. The molecule has 44 heavy (non-hydrogen) atoms. The number of amides is 4. The second-order valence-corrected chi connectivity index (χ2v) is 11.4. The van der Waals surface area contributed by atoms with Crippen molar-refractivity contribution >= 4 is 24.0 Å². The van der Waals surface area contributed by atoms with E-state index in [1.54, 1.807) is 0 Å². The quantitative estimate of drug-likeness (QED) is 0.291. The molecule has 0 spiro atoms. The number of ether oxygens (including phenoxy) is 2. The van der Waals surface area contributed by atoms with E-state index in [4.69, 9.17) is 9.47 Å². The number of likely N-dealkylation sites (tertiary alicyclic amines) is 2. The van der Waals surface area contributed by atoms with Crippen LogP contribution in [-0.4, -0.2) is 73.1 Å². The van der Waals surface area contributed by atoms with Crippen molar-refractivity contribution in [3.8, 4) is 0 Å². The Kier molecular flexibility index (Phi) is 13.4. The zero-order chi connectivity index (χ0) is 31.0. The molecule has 2 saturated heterocycles. The molecular formula is C34H46N4O6. The van der Waals surface area contributed by atoms with Crippen LogP contribution in [0.15, 0.2) is 60.7 Å². The molecule has 2 unspecified atom stereocenters. The lowest BCUT2D eigenvalue weighted by Gasteiger charge is -2.28. The average molecular weight is 607 g/mol. The first kappa shape index (κ1) is 32.8. The number of carbonyl (C=O) groups is 4. The zero-order valence-corrected chi connectivity index (χ0v) is 25.6. The summed E-state index contributed by atoms with van der Waals surface area (Å²) in [6.45, 7) is 3.38. The van der Waals surface area contributed by atoms with Crippen molar-refractivity contribution in [2.75, 3.05) is 39.3 Å². The van der Waals surface area contributed by atoms with E-state index in [0.29, 0.717) is 63.0 Å². The van der Waals surface area contributed by atoms with Gasteiger partial charge in [0, 0.05) is 52.1 Å². The number of benzene rings is 2. The Balaban J connectivity index is 1.36. The first-order chi connectivity index (χ1) is 21.5. The topological polar surface area (TPSA) is 117 Å². The van der Waals surface area contributed by atoms with Crippen LogP contribution in [0.25, 0.3) is 0 Å². The van der Waals surface area contributed by atoms with Crippen molar-refractivity contribution in [3.63, 3.8) is 0 Å². The molecule has 2 aliphatic heterocycles. The summed E-state index contributed by atoms with van der Waals surface area (Å²) in [6, 6.07) is 18.4. The van der Waals surface area contributed by atoms with Crippen molar-refractivity contribution in [2.24, 2.45) is 0 Å². The number of rotatable bonds is 13. The Morgan fingerprint density at radius 2 is 1.02 bits per heavy atom. The molecule has 2 aromatic carbocycles. The van der Waals surface area contributed by atoms with Crippen molar-refractivity contribution in [3.05, 3.63) is 71.8 Å². The Morgan fingerprint density at radius 1 is 0.614 bits per heavy atom. The number of nitrogens with zero attached hydrogens (tertiary/aromatic N) is 2. The van der Waals surface area contributed by atoms with Gasteiger partial charge in [-0.25, -0.2) is 9.59 Å². The Labute approximate surface area is 260 Å². The fraction of sp³-hybridized carbons (Fsp3) is 0.529. The van der Waals surface area contributed by atoms with E-state index in [2.05, 4.69) is 10.6 Å². The number of hydrogen-bond acceptors (Lipinski definition) is 6. The van der Waals surface area contributed by atoms with Crippen LogP contribution in [0.5, 0.6) is 0 Å². The monoisotopic (exact) mass is 606 g/mol. The standard InChI is InChI=1S/C34H46N4O6/c39-29-19-9-3-11-23-37(29)25-13-21-35-33(41)43-31(27-15-5-1-6-16-27)32(28-17-7-2-8-18-28)44-34(42)36-22-14-26-38-24-12-4-10-20-30(38)40/h1-2,5-8,15-18,31-32H,3-4,9-14,19-26H2,(H,35,41)(H,36,42). The highest BCUT2D eigenvalue weighted by atomic mass is 16.6. The molecule has 10 heteroatoms. The van der Waals surface area contributed by atoms with Gasteiger partial charge in [0.05, 0.1) is 0 Å². The van der Waals surface area contributed by atoms with E-state index in [0.717, 1.165) is 51.6 Å². The van der Waals surface area contributed by atoms with Crippen LogP contribution in [-0.2, 0) is 19.1 Å². The molecule has 0 radical (unpaired) electrons. The van der Waals surface area contributed by atoms with Crippen LogP contribution in [0, 0.1) is 0 Å². The number of nitrogens with one attached hydrogen (secondary N) is 2. The van der Waals surface area contributed by atoms with Gasteiger partial charge in [0.15, 0.2) is 12.2 Å². The van der Waals surface area contributed by atoms with Crippen molar-refractivity contribution in [1.29, 1.82) is 0 Å². The summed E-state index contributed by atoms with van der Waals surface area (Å²) >= 11 is 0. The SMILES string of the molecule is O=C(NCCCN1CCCCCC1=O)OC(c1ccccc1)C(OC(=O)NCCCN1CCCCCC1=O)c1ccccc1. The van der Waals surface area contributed by atoms with Gasteiger partial charge < -0.3 is 29.9 Å². The van der Waals surface area contributed by atoms with E-state index < -0.39 is 24.4 Å². The fourth-order valence-electron chi connectivity index (χ4n) is 5.68. The lowest BCUT2D eigenvalue weighted by atomic mass is 9.98. The maximum absolute atomic E-state index is 13.0. The predicted molar refractivity (Wildman–Crippen MR) is 167 cm³/mol. The van der Waals surface area contributed by atoms with Crippen molar-refractivity contribution in [2.45, 2.75) is 76.4 Å². The Hall–Kier alpha value is -4.08. The summed E-state index contributed by atoms with van der Waals surface area (Å²) in [6.07, 6.45) is 5.32. The van der Waals surface area contributed by atoms with Crippen LogP contribution in [0.2, 0.25) is 0 Å². The van der Waals surface area contributed by atoms with Gasteiger partial charge in [-0.05, 0) is 49.7 Å². The smallest absolute Gasteiger partial charge is 0.407 e. The fourth-order valence-corrected chi connectivity index (χ4v) is 5.68. The molecule has 2 aromatic rings. The Morgan fingerprint density at radius 3 is 1.43 bits per heavy atom. The third kappa shape index (κ3) is 10.6. The summed E-state index contributed by atoms with van der Waals surface area (Å²) in [4.78, 5) is 54.4. The average Bonchev–Trinajstić information content (AvgIpc) is 3.38. The predicted octanol–water partition coefficient (Wildman–Crippen LogP) is 5.51. The highest BCUT2D eigenvalue weighted by Gasteiger charge is 2.32. The maximum Gasteiger partial charge on any atom is 0.407 e. The van der Waals surface area contributed by atoms with Gasteiger partial charge in [-0.1, -0.05) is 73.5 Å². The van der Waals surface area contributed by atoms with E-state index >= 15 is 0 Å². The number of carbonyl (C=O) groups excluding carboxylic acids is 4. The molecule has 0 aliphatic carbocycles. The highest BCUT2D eigenvalue weighted by Crippen LogP contribution is 2.35. The summed E-state index contributed by atoms with van der Waals surface area (Å²) in [7, 11) is 0. The largest absolute Gasteiger partial charge is 0.437 e. The summed E-state index contributed by atoms with van der Waals surface area (Å²) < 4.78 is 11.9. The van der Waals surface area contributed by atoms with Crippen LogP contribution >= 0.6 is 0 Å². The third-order valence-electron chi connectivity index (χ3n) is 8.09. The molecule has 2 atom stereocenters. The minimum Gasteiger partial charge on any atom is -0.437 e. The molecule has 4 amide bonds. The van der Waals surface area contributed by atoms with Crippen LogP contribution in [0.3, 0.4) is 0 Å². The second-order valence-electron chi connectivity index (χ2n) is 11.4. The molecule has 2 fully saturated rings. The van der Waals surface area contributed by atoms with Crippen LogP contribution in [0.1, 0.15) is 87.5 Å². The lowest BCUT2D eigenvalue weighted by molar-refractivity contribution is -0.131. The number of hydrogen-bond donors (Lipinski definition) is 2. The van der Waals surface area contributed by atoms with Gasteiger partial charge in [-0.3, -0.25) is 9.59 Å². The summed E-state index contributed by atoms with van der Waals surface area (Å²) in [5.74, 6) is 0.344. The van der Waals surface area contributed by atoms with E-state index in [9.17, 15) is 19.2 Å². The zero-order valence-electron chi connectivity index (χ0n) is 25.6. The first-order valence-electron chi connectivity index (χ1n) is 16.1. The van der Waals surface area contributed by atoms with E-state index in [-0.39, 0.29) is 11.8 Å². The highest BCUT2D eigenvalue weighted by molar-refractivity contribution is 5.76. The van der Waals surface area contributed by atoms with E-state index in [1.165, 1.54) is 0 Å². The molecule has 4 rings (SSSR count). The summed E-state index contributed by atoms with van der Waals surface area (Å²) in [5, 5.41) is 5.61. The molecule has 2 aliphatic rings. The molecule has 0 aromatic heterocycles. The third-order valence-corrected chi connectivity index (χ3v) is 8.09. The molecular weight excluding hydrogens is 560 g/mol.